The highest BCUT2D eigenvalue weighted by Crippen LogP contribution is 2.34. The first-order valence-corrected chi connectivity index (χ1v) is 7.92. The number of carboxylic acid groups (broad SMARTS) is 1. The Bertz CT molecular complexity index is 509. The average molecular weight is 312 g/mol. The Morgan fingerprint density at radius 1 is 1.24 bits per heavy atom. The predicted molar refractivity (Wildman–Crippen MR) is 79.4 cm³/mol. The lowest BCUT2D eigenvalue weighted by atomic mass is 9.80. The lowest BCUT2D eigenvalue weighted by Crippen LogP contribution is -2.44. The van der Waals surface area contributed by atoms with Crippen molar-refractivity contribution < 1.29 is 14.7 Å². The zero-order valence-electron chi connectivity index (χ0n) is 12.0. The van der Waals surface area contributed by atoms with Crippen LogP contribution in [0.2, 0.25) is 0 Å². The van der Waals surface area contributed by atoms with Gasteiger partial charge in [-0.3, -0.25) is 10.1 Å². The zero-order valence-corrected chi connectivity index (χ0v) is 12.8. The molecule has 8 heteroatoms. The van der Waals surface area contributed by atoms with Gasteiger partial charge in [-0.25, -0.2) is 4.79 Å². The van der Waals surface area contributed by atoms with Crippen molar-refractivity contribution in [3.8, 4) is 0 Å². The van der Waals surface area contributed by atoms with E-state index < -0.39 is 17.4 Å². The van der Waals surface area contributed by atoms with Gasteiger partial charge in [0.1, 0.15) is 5.01 Å². The van der Waals surface area contributed by atoms with Gasteiger partial charge in [-0.2, -0.15) is 0 Å². The standard InChI is InChI=1S/C13H20N4O3S/c1-9-16-17-12(21-9)15-11(20)14-8-13(10(18)19)6-4-2-3-5-7-13/h2-8H2,1H3,(H,18,19)(H2,14,15,17,20). The van der Waals surface area contributed by atoms with Crippen LogP contribution in [0.25, 0.3) is 0 Å². The van der Waals surface area contributed by atoms with Crippen molar-refractivity contribution in [2.24, 2.45) is 5.41 Å². The summed E-state index contributed by atoms with van der Waals surface area (Å²) in [6, 6.07) is -0.434. The monoisotopic (exact) mass is 312 g/mol. The summed E-state index contributed by atoms with van der Waals surface area (Å²) in [4.78, 5) is 23.5. The van der Waals surface area contributed by atoms with Gasteiger partial charge >= 0.3 is 12.0 Å². The first kappa shape index (κ1) is 15.7. The minimum atomic E-state index is -0.842. The fraction of sp³-hybridized carbons (Fsp3) is 0.692. The molecule has 1 aliphatic rings. The van der Waals surface area contributed by atoms with Crippen LogP contribution in [0.4, 0.5) is 9.93 Å². The van der Waals surface area contributed by atoms with Crippen molar-refractivity contribution in [2.75, 3.05) is 11.9 Å². The molecule has 0 aliphatic heterocycles. The summed E-state index contributed by atoms with van der Waals surface area (Å²) >= 11 is 1.28. The van der Waals surface area contributed by atoms with Gasteiger partial charge < -0.3 is 10.4 Å². The van der Waals surface area contributed by atoms with E-state index in [-0.39, 0.29) is 6.54 Å². The number of rotatable bonds is 4. The summed E-state index contributed by atoms with van der Waals surface area (Å²) in [5.41, 5.74) is -0.842. The molecule has 0 saturated heterocycles. The van der Waals surface area contributed by atoms with E-state index in [1.807, 2.05) is 0 Å². The lowest BCUT2D eigenvalue weighted by Gasteiger charge is -2.28. The number of amides is 2. The molecule has 1 heterocycles. The number of nitrogens with one attached hydrogen (secondary N) is 2. The van der Waals surface area contributed by atoms with Crippen molar-refractivity contribution in [1.82, 2.24) is 15.5 Å². The number of carboxylic acids is 1. The van der Waals surface area contributed by atoms with Gasteiger partial charge in [0.25, 0.3) is 0 Å². The number of carbonyl (C=O) groups excluding carboxylic acids is 1. The number of nitrogens with zero attached hydrogens (tertiary/aromatic N) is 2. The van der Waals surface area contributed by atoms with Crippen LogP contribution in [-0.4, -0.2) is 33.8 Å². The van der Waals surface area contributed by atoms with E-state index in [4.69, 9.17) is 0 Å². The highest BCUT2D eigenvalue weighted by molar-refractivity contribution is 7.15. The normalized spacial score (nSPS) is 17.8. The van der Waals surface area contributed by atoms with Gasteiger partial charge in [-0.15, -0.1) is 10.2 Å². The minimum absolute atomic E-state index is 0.145. The third-order valence-electron chi connectivity index (χ3n) is 3.85. The Morgan fingerprint density at radius 2 is 1.90 bits per heavy atom. The summed E-state index contributed by atoms with van der Waals surface area (Å²) in [6.07, 6.45) is 5.13. The van der Waals surface area contributed by atoms with Crippen LogP contribution in [0.3, 0.4) is 0 Å². The molecule has 0 spiro atoms. The van der Waals surface area contributed by atoms with E-state index in [1.165, 1.54) is 11.3 Å². The van der Waals surface area contributed by atoms with Crippen LogP contribution in [-0.2, 0) is 4.79 Å². The van der Waals surface area contributed by atoms with Gasteiger partial charge in [0.05, 0.1) is 5.41 Å². The molecule has 7 nitrogen and oxygen atoms in total. The van der Waals surface area contributed by atoms with Crippen LogP contribution in [0.15, 0.2) is 0 Å². The zero-order chi connectivity index (χ0) is 15.3. The van der Waals surface area contributed by atoms with Gasteiger partial charge in [-0.05, 0) is 19.8 Å². The summed E-state index contributed by atoms with van der Waals surface area (Å²) in [6.45, 7) is 1.94. The average Bonchev–Trinajstić information content (AvgIpc) is 2.71. The maximum Gasteiger partial charge on any atom is 0.321 e. The molecule has 21 heavy (non-hydrogen) atoms. The Kier molecular flexibility index (Phi) is 5.11. The van der Waals surface area contributed by atoms with Crippen molar-refractivity contribution in [3.05, 3.63) is 5.01 Å². The SMILES string of the molecule is Cc1nnc(NC(=O)NCC2(C(=O)O)CCCCCC2)s1. The molecule has 116 valence electrons. The first-order valence-electron chi connectivity index (χ1n) is 7.10. The predicted octanol–water partition coefficient (Wildman–Crippen LogP) is 2.39. The van der Waals surface area contributed by atoms with Crippen molar-refractivity contribution in [1.29, 1.82) is 0 Å². The topological polar surface area (TPSA) is 104 Å². The maximum atomic E-state index is 11.8. The van der Waals surface area contributed by atoms with Crippen LogP contribution in [0, 0.1) is 12.3 Å². The van der Waals surface area contributed by atoms with E-state index in [1.54, 1.807) is 6.92 Å². The molecule has 0 bridgehead atoms. The first-order chi connectivity index (χ1) is 10.0. The maximum absolute atomic E-state index is 11.8. The highest BCUT2D eigenvalue weighted by atomic mass is 32.1. The number of hydrogen-bond acceptors (Lipinski definition) is 5. The quantitative estimate of drug-likeness (QED) is 0.740. The fourth-order valence-electron chi connectivity index (χ4n) is 2.61. The summed E-state index contributed by atoms with van der Waals surface area (Å²) in [5, 5.41) is 23.5. The highest BCUT2D eigenvalue weighted by Gasteiger charge is 2.38. The summed E-state index contributed by atoms with van der Waals surface area (Å²) in [5.74, 6) is -0.823. The molecule has 1 fully saturated rings. The molecule has 2 amide bonds. The largest absolute Gasteiger partial charge is 0.481 e. The number of aryl methyl sites for hydroxylation is 1. The second kappa shape index (κ2) is 6.84. The Hall–Kier alpha value is -1.70. The Labute approximate surface area is 127 Å². The second-order valence-corrected chi connectivity index (χ2v) is 6.62. The van der Waals surface area contributed by atoms with Crippen LogP contribution in [0.5, 0.6) is 0 Å². The molecule has 1 aromatic rings. The van der Waals surface area contributed by atoms with Crippen molar-refractivity contribution in [2.45, 2.75) is 45.4 Å². The van der Waals surface area contributed by atoms with Crippen molar-refractivity contribution in [3.63, 3.8) is 0 Å². The molecule has 3 N–H and O–H groups in total. The molecule has 1 aromatic heterocycles. The molecule has 2 rings (SSSR count). The molecule has 0 unspecified atom stereocenters. The number of urea groups is 1. The molecule has 1 aliphatic carbocycles. The summed E-state index contributed by atoms with van der Waals surface area (Å²) < 4.78 is 0. The van der Waals surface area contributed by atoms with E-state index in [0.29, 0.717) is 18.0 Å². The molecular weight excluding hydrogens is 292 g/mol. The van der Waals surface area contributed by atoms with Gasteiger partial charge in [0.15, 0.2) is 0 Å². The third-order valence-corrected chi connectivity index (χ3v) is 4.60. The van der Waals surface area contributed by atoms with E-state index in [0.717, 1.165) is 30.7 Å². The number of carbonyl (C=O) groups is 2. The molecule has 0 radical (unpaired) electrons. The van der Waals surface area contributed by atoms with Crippen LogP contribution in [0.1, 0.15) is 43.5 Å². The van der Waals surface area contributed by atoms with Gasteiger partial charge in [0.2, 0.25) is 5.13 Å². The molecular formula is C13H20N4O3S. The molecule has 1 saturated carbocycles. The van der Waals surface area contributed by atoms with E-state index in [2.05, 4.69) is 20.8 Å². The lowest BCUT2D eigenvalue weighted by molar-refractivity contribution is -0.149. The van der Waals surface area contributed by atoms with E-state index in [9.17, 15) is 14.7 Å². The van der Waals surface area contributed by atoms with Gasteiger partial charge in [0, 0.05) is 6.54 Å². The number of hydrogen-bond donors (Lipinski definition) is 3. The minimum Gasteiger partial charge on any atom is -0.481 e. The van der Waals surface area contributed by atoms with Gasteiger partial charge in [-0.1, -0.05) is 37.0 Å². The third kappa shape index (κ3) is 4.13. The number of aliphatic carboxylic acids is 1. The molecule has 0 atom stereocenters. The fourth-order valence-corrected chi connectivity index (χ4v) is 3.20. The van der Waals surface area contributed by atoms with Crippen molar-refractivity contribution >= 4 is 28.5 Å². The number of aromatic nitrogens is 2. The van der Waals surface area contributed by atoms with E-state index >= 15 is 0 Å². The second-order valence-electron chi connectivity index (χ2n) is 5.43. The number of anilines is 1. The Balaban J connectivity index is 1.92. The summed E-state index contributed by atoms with van der Waals surface area (Å²) in [7, 11) is 0. The van der Waals surface area contributed by atoms with Crippen LogP contribution < -0.4 is 10.6 Å². The molecule has 0 aromatic carbocycles. The smallest absolute Gasteiger partial charge is 0.321 e. The van der Waals surface area contributed by atoms with Crippen LogP contribution >= 0.6 is 11.3 Å². The Morgan fingerprint density at radius 3 is 2.43 bits per heavy atom.